The molecular formula is C15H17N3O2S. The van der Waals surface area contributed by atoms with Gasteiger partial charge in [0.1, 0.15) is 0 Å². The van der Waals surface area contributed by atoms with Crippen molar-refractivity contribution in [3.63, 3.8) is 0 Å². The molecule has 1 saturated heterocycles. The summed E-state index contributed by atoms with van der Waals surface area (Å²) in [5.41, 5.74) is 1.01. The standard InChI is InChI=1S/C15H17N3O2S/c19-13(10-18-9-3-6-15(18)20)16-8-7-14-17-11-4-1-2-5-12(11)21-14/h1-2,4-5H,3,6-10H2,(H,16,19). The highest BCUT2D eigenvalue weighted by atomic mass is 32.1. The molecular weight excluding hydrogens is 286 g/mol. The SMILES string of the molecule is O=C(CN1CCCC1=O)NCCc1nc2ccccc2s1. The molecule has 1 aliphatic rings. The Morgan fingerprint density at radius 2 is 2.24 bits per heavy atom. The van der Waals surface area contributed by atoms with E-state index >= 15 is 0 Å². The molecule has 1 aliphatic heterocycles. The van der Waals surface area contributed by atoms with Crippen LogP contribution in [0.4, 0.5) is 0 Å². The zero-order chi connectivity index (χ0) is 14.7. The molecule has 3 rings (SSSR count). The number of thiazole rings is 1. The lowest BCUT2D eigenvalue weighted by Gasteiger charge is -2.14. The molecule has 6 heteroatoms. The van der Waals surface area contributed by atoms with Crippen LogP contribution >= 0.6 is 11.3 Å². The fraction of sp³-hybridized carbons (Fsp3) is 0.400. The van der Waals surface area contributed by atoms with Crippen LogP contribution < -0.4 is 5.32 Å². The maximum atomic E-state index is 11.8. The molecule has 0 radical (unpaired) electrons. The van der Waals surface area contributed by atoms with Crippen LogP contribution in [0.15, 0.2) is 24.3 Å². The third-order valence-corrected chi connectivity index (χ3v) is 4.60. The maximum absolute atomic E-state index is 11.8. The smallest absolute Gasteiger partial charge is 0.239 e. The first-order chi connectivity index (χ1) is 10.2. The highest BCUT2D eigenvalue weighted by molar-refractivity contribution is 7.18. The van der Waals surface area contributed by atoms with Gasteiger partial charge in [0, 0.05) is 25.9 Å². The Bertz CT molecular complexity index is 635. The highest BCUT2D eigenvalue weighted by Gasteiger charge is 2.21. The number of benzene rings is 1. The average molecular weight is 303 g/mol. The largest absolute Gasteiger partial charge is 0.354 e. The Kier molecular flexibility index (Phi) is 4.15. The summed E-state index contributed by atoms with van der Waals surface area (Å²) >= 11 is 1.66. The van der Waals surface area contributed by atoms with E-state index in [1.165, 1.54) is 4.70 Å². The van der Waals surface area contributed by atoms with Crippen LogP contribution in [0.2, 0.25) is 0 Å². The van der Waals surface area contributed by atoms with Crippen molar-refractivity contribution in [3.05, 3.63) is 29.3 Å². The van der Waals surface area contributed by atoms with E-state index in [-0.39, 0.29) is 18.4 Å². The van der Waals surface area contributed by atoms with E-state index in [0.29, 0.717) is 19.5 Å². The highest BCUT2D eigenvalue weighted by Crippen LogP contribution is 2.21. The van der Waals surface area contributed by atoms with Gasteiger partial charge in [-0.15, -0.1) is 11.3 Å². The third-order valence-electron chi connectivity index (χ3n) is 3.51. The first-order valence-corrected chi connectivity index (χ1v) is 7.93. The minimum absolute atomic E-state index is 0.0799. The zero-order valence-electron chi connectivity index (χ0n) is 11.7. The van der Waals surface area contributed by atoms with Crippen molar-refractivity contribution in [2.24, 2.45) is 0 Å². The van der Waals surface area contributed by atoms with Gasteiger partial charge < -0.3 is 10.2 Å². The molecule has 2 aromatic rings. The molecule has 0 aliphatic carbocycles. The van der Waals surface area contributed by atoms with Crippen molar-refractivity contribution >= 4 is 33.4 Å². The Morgan fingerprint density at radius 3 is 3.00 bits per heavy atom. The lowest BCUT2D eigenvalue weighted by Crippen LogP contribution is -2.38. The van der Waals surface area contributed by atoms with Gasteiger partial charge in [-0.2, -0.15) is 0 Å². The van der Waals surface area contributed by atoms with Gasteiger partial charge in [0.25, 0.3) is 0 Å². The fourth-order valence-electron chi connectivity index (χ4n) is 2.44. The predicted molar refractivity (Wildman–Crippen MR) is 82.1 cm³/mol. The van der Waals surface area contributed by atoms with Gasteiger partial charge in [-0.25, -0.2) is 4.98 Å². The van der Waals surface area contributed by atoms with E-state index in [9.17, 15) is 9.59 Å². The van der Waals surface area contributed by atoms with Gasteiger partial charge in [0.2, 0.25) is 11.8 Å². The Hall–Kier alpha value is -1.95. The lowest BCUT2D eigenvalue weighted by atomic mass is 10.3. The molecule has 0 spiro atoms. The maximum Gasteiger partial charge on any atom is 0.239 e. The second kappa shape index (κ2) is 6.22. The van der Waals surface area contributed by atoms with Crippen LogP contribution in [0.3, 0.4) is 0 Å². The number of para-hydroxylation sites is 1. The first-order valence-electron chi connectivity index (χ1n) is 7.11. The number of amides is 2. The number of carbonyl (C=O) groups is 2. The van der Waals surface area contributed by atoms with E-state index in [0.717, 1.165) is 23.4 Å². The monoisotopic (exact) mass is 303 g/mol. The Morgan fingerprint density at radius 1 is 1.38 bits per heavy atom. The number of nitrogens with one attached hydrogen (secondary N) is 1. The molecule has 5 nitrogen and oxygen atoms in total. The van der Waals surface area contributed by atoms with E-state index in [2.05, 4.69) is 10.3 Å². The first kappa shape index (κ1) is 14.0. The molecule has 1 aromatic heterocycles. The second-order valence-electron chi connectivity index (χ2n) is 5.09. The number of hydrogen-bond acceptors (Lipinski definition) is 4. The number of likely N-dealkylation sites (tertiary alicyclic amines) is 1. The average Bonchev–Trinajstić information content (AvgIpc) is 3.05. The third kappa shape index (κ3) is 3.39. The van der Waals surface area contributed by atoms with Crippen molar-refractivity contribution in [1.29, 1.82) is 0 Å². The minimum Gasteiger partial charge on any atom is -0.354 e. The summed E-state index contributed by atoms with van der Waals surface area (Å²) < 4.78 is 1.17. The molecule has 0 bridgehead atoms. The van der Waals surface area contributed by atoms with Gasteiger partial charge in [0.15, 0.2) is 0 Å². The molecule has 0 saturated carbocycles. The number of hydrogen-bond donors (Lipinski definition) is 1. The molecule has 1 aromatic carbocycles. The molecule has 21 heavy (non-hydrogen) atoms. The number of aromatic nitrogens is 1. The summed E-state index contributed by atoms with van der Waals surface area (Å²) in [6.45, 7) is 1.43. The van der Waals surface area contributed by atoms with Crippen molar-refractivity contribution < 1.29 is 9.59 Å². The summed E-state index contributed by atoms with van der Waals surface area (Å²) in [6, 6.07) is 8.01. The molecule has 110 valence electrons. The normalized spacial score (nSPS) is 14.9. The van der Waals surface area contributed by atoms with Crippen molar-refractivity contribution in [1.82, 2.24) is 15.2 Å². The Labute approximate surface area is 127 Å². The summed E-state index contributed by atoms with van der Waals surface area (Å²) in [5.74, 6) is -0.0114. The summed E-state index contributed by atoms with van der Waals surface area (Å²) in [7, 11) is 0. The molecule has 0 atom stereocenters. The molecule has 0 unspecified atom stereocenters. The second-order valence-corrected chi connectivity index (χ2v) is 6.21. The van der Waals surface area contributed by atoms with E-state index in [1.54, 1.807) is 16.2 Å². The number of rotatable bonds is 5. The fourth-order valence-corrected chi connectivity index (χ4v) is 3.40. The van der Waals surface area contributed by atoms with E-state index < -0.39 is 0 Å². The predicted octanol–water partition coefficient (Wildman–Crippen LogP) is 1.58. The number of fused-ring (bicyclic) bond motifs is 1. The number of carbonyl (C=O) groups excluding carboxylic acids is 2. The molecule has 2 heterocycles. The topological polar surface area (TPSA) is 62.3 Å². The van der Waals surface area contributed by atoms with Gasteiger partial charge >= 0.3 is 0 Å². The van der Waals surface area contributed by atoms with Crippen molar-refractivity contribution in [2.75, 3.05) is 19.6 Å². The van der Waals surface area contributed by atoms with Crippen LogP contribution in [0.25, 0.3) is 10.2 Å². The summed E-state index contributed by atoms with van der Waals surface area (Å²) in [5, 5.41) is 3.88. The van der Waals surface area contributed by atoms with Crippen molar-refractivity contribution in [3.8, 4) is 0 Å². The lowest BCUT2D eigenvalue weighted by molar-refractivity contribution is -0.133. The zero-order valence-corrected chi connectivity index (χ0v) is 12.5. The molecule has 1 fully saturated rings. The number of nitrogens with zero attached hydrogens (tertiary/aromatic N) is 2. The molecule has 2 amide bonds. The van der Waals surface area contributed by atoms with Gasteiger partial charge in [0.05, 0.1) is 21.8 Å². The van der Waals surface area contributed by atoms with Crippen molar-refractivity contribution in [2.45, 2.75) is 19.3 Å². The van der Waals surface area contributed by atoms with Crippen LogP contribution in [0.5, 0.6) is 0 Å². The van der Waals surface area contributed by atoms with E-state index in [1.807, 2.05) is 24.3 Å². The quantitative estimate of drug-likeness (QED) is 0.912. The summed E-state index contributed by atoms with van der Waals surface area (Å²) in [6.07, 6.45) is 2.15. The van der Waals surface area contributed by atoms with Crippen LogP contribution in [-0.4, -0.2) is 41.3 Å². The molecule has 1 N–H and O–H groups in total. The van der Waals surface area contributed by atoms with Crippen LogP contribution in [0, 0.1) is 0 Å². The van der Waals surface area contributed by atoms with Gasteiger partial charge in [-0.05, 0) is 18.6 Å². The van der Waals surface area contributed by atoms with Gasteiger partial charge in [-0.3, -0.25) is 9.59 Å². The van der Waals surface area contributed by atoms with Crippen LogP contribution in [0.1, 0.15) is 17.8 Å². The minimum atomic E-state index is -0.0913. The van der Waals surface area contributed by atoms with Gasteiger partial charge in [-0.1, -0.05) is 12.1 Å². The van der Waals surface area contributed by atoms with Crippen LogP contribution in [-0.2, 0) is 16.0 Å². The Balaban J connectivity index is 1.47. The van der Waals surface area contributed by atoms with E-state index in [4.69, 9.17) is 0 Å². The summed E-state index contributed by atoms with van der Waals surface area (Å²) in [4.78, 5) is 29.4.